The molecule has 0 aliphatic heterocycles. The van der Waals surface area contributed by atoms with Gasteiger partial charge in [0.15, 0.2) is 0 Å². The number of aromatic nitrogens is 4. The Bertz CT molecular complexity index is 782. The van der Waals surface area contributed by atoms with Crippen molar-refractivity contribution in [2.75, 3.05) is 25.7 Å². The Morgan fingerprint density at radius 1 is 1.12 bits per heavy atom. The summed E-state index contributed by atoms with van der Waals surface area (Å²) in [5.74, 6) is 1.08. The molecule has 0 radical (unpaired) electrons. The molecule has 132 valence electrons. The van der Waals surface area contributed by atoms with E-state index in [1.54, 1.807) is 7.11 Å². The lowest BCUT2D eigenvalue weighted by molar-refractivity contribution is 0.186. The van der Waals surface area contributed by atoms with E-state index >= 15 is 0 Å². The molecule has 0 fully saturated rings. The number of nitrogens with zero attached hydrogens (tertiary/aromatic N) is 4. The summed E-state index contributed by atoms with van der Waals surface area (Å²) in [7, 11) is 1.72. The minimum absolute atomic E-state index is 0.682. The molecule has 0 amide bonds. The summed E-state index contributed by atoms with van der Waals surface area (Å²) in [4.78, 5) is 9.01. The summed E-state index contributed by atoms with van der Waals surface area (Å²) >= 11 is 1.86. The van der Waals surface area contributed by atoms with Gasteiger partial charge in [-0.25, -0.2) is 9.97 Å². The third-order valence-corrected chi connectivity index (χ3v) is 4.82. The third-order valence-electron chi connectivity index (χ3n) is 4.20. The molecular weight excluding hydrogens is 332 g/mol. The maximum atomic E-state index is 5.19. The van der Waals surface area contributed by atoms with E-state index < -0.39 is 0 Å². The van der Waals surface area contributed by atoms with Crippen LogP contribution in [0.2, 0.25) is 0 Å². The number of hydrogen-bond donors (Lipinski definition) is 0. The molecule has 3 aromatic rings. The first kappa shape index (κ1) is 17.8. The van der Waals surface area contributed by atoms with E-state index in [1.807, 2.05) is 36.7 Å². The van der Waals surface area contributed by atoms with E-state index in [0.717, 1.165) is 31.0 Å². The number of hydrogen-bond acceptors (Lipinski definition) is 4. The summed E-state index contributed by atoms with van der Waals surface area (Å²) in [5.41, 5.74) is 4.70. The Balaban J connectivity index is 1.88. The minimum Gasteiger partial charge on any atom is -0.383 e. The first-order valence-electron chi connectivity index (χ1n) is 8.39. The van der Waals surface area contributed by atoms with Crippen molar-refractivity contribution in [1.29, 1.82) is 0 Å². The average Bonchev–Trinajstić information content (AvgIpc) is 3.26. The standard InChI is InChI=1S/C19H24N4OS/c1-24-10-9-22-14-20-12-17(22)13-23-15-21-19(18(23)8-11-25-2)16-6-4-3-5-7-16/h3-7,12,14-15H,8-11,13H2,1-2H3. The van der Waals surface area contributed by atoms with Crippen LogP contribution in [-0.2, 0) is 24.2 Å². The van der Waals surface area contributed by atoms with Crippen LogP contribution < -0.4 is 0 Å². The molecule has 0 saturated heterocycles. The predicted octanol–water partition coefficient (Wildman–Crippen LogP) is 3.35. The van der Waals surface area contributed by atoms with E-state index in [4.69, 9.17) is 9.72 Å². The van der Waals surface area contributed by atoms with Gasteiger partial charge >= 0.3 is 0 Å². The van der Waals surface area contributed by atoms with Gasteiger partial charge in [-0.3, -0.25) is 0 Å². The van der Waals surface area contributed by atoms with Crippen molar-refractivity contribution in [3.63, 3.8) is 0 Å². The van der Waals surface area contributed by atoms with Crippen molar-refractivity contribution in [3.8, 4) is 11.3 Å². The lowest BCUT2D eigenvalue weighted by Gasteiger charge is -2.12. The second-order valence-electron chi connectivity index (χ2n) is 5.85. The Hall–Kier alpha value is -2.05. The second kappa shape index (κ2) is 8.87. The number of methoxy groups -OCH3 is 1. The van der Waals surface area contributed by atoms with E-state index in [1.165, 1.54) is 17.0 Å². The van der Waals surface area contributed by atoms with Crippen LogP contribution in [0.15, 0.2) is 49.2 Å². The summed E-state index contributed by atoms with van der Waals surface area (Å²) < 4.78 is 9.58. The SMILES string of the molecule is COCCn1cncc1Cn1cnc(-c2ccccc2)c1CCSC. The summed E-state index contributed by atoms with van der Waals surface area (Å²) in [6, 6.07) is 10.4. The first-order valence-corrected chi connectivity index (χ1v) is 9.79. The van der Waals surface area contributed by atoms with Crippen LogP contribution in [0.25, 0.3) is 11.3 Å². The van der Waals surface area contributed by atoms with Crippen LogP contribution in [0.1, 0.15) is 11.4 Å². The Labute approximate surface area is 153 Å². The number of imidazole rings is 2. The smallest absolute Gasteiger partial charge is 0.0959 e. The highest BCUT2D eigenvalue weighted by Crippen LogP contribution is 2.24. The number of benzene rings is 1. The van der Waals surface area contributed by atoms with Gasteiger partial charge in [-0.2, -0.15) is 11.8 Å². The summed E-state index contributed by atoms with van der Waals surface area (Å²) in [5, 5.41) is 0. The number of ether oxygens (including phenoxy) is 1. The third kappa shape index (κ3) is 4.32. The largest absolute Gasteiger partial charge is 0.383 e. The number of thioether (sulfide) groups is 1. The van der Waals surface area contributed by atoms with Crippen molar-refractivity contribution in [1.82, 2.24) is 19.1 Å². The van der Waals surface area contributed by atoms with Gasteiger partial charge in [-0.05, 0) is 18.4 Å². The molecule has 2 heterocycles. The molecule has 0 aliphatic rings. The predicted molar refractivity (Wildman–Crippen MR) is 103 cm³/mol. The fraction of sp³-hybridized carbons (Fsp3) is 0.368. The molecule has 0 bridgehead atoms. The highest BCUT2D eigenvalue weighted by atomic mass is 32.2. The summed E-state index contributed by atoms with van der Waals surface area (Å²) in [6.07, 6.45) is 8.88. The Morgan fingerprint density at radius 3 is 2.72 bits per heavy atom. The Kier molecular flexibility index (Phi) is 6.30. The van der Waals surface area contributed by atoms with Gasteiger partial charge in [-0.1, -0.05) is 30.3 Å². The fourth-order valence-electron chi connectivity index (χ4n) is 2.89. The molecule has 1 aromatic carbocycles. The molecule has 3 rings (SSSR count). The van der Waals surface area contributed by atoms with Crippen LogP contribution in [0.4, 0.5) is 0 Å². The normalized spacial score (nSPS) is 11.1. The van der Waals surface area contributed by atoms with Crippen molar-refractivity contribution >= 4 is 11.8 Å². The van der Waals surface area contributed by atoms with Crippen LogP contribution >= 0.6 is 11.8 Å². The molecule has 0 unspecified atom stereocenters. The van der Waals surface area contributed by atoms with Gasteiger partial charge in [0.25, 0.3) is 0 Å². The Morgan fingerprint density at radius 2 is 1.96 bits per heavy atom. The molecule has 0 spiro atoms. The molecule has 6 heteroatoms. The van der Waals surface area contributed by atoms with Gasteiger partial charge in [0.05, 0.1) is 37.2 Å². The van der Waals surface area contributed by atoms with Gasteiger partial charge in [0, 0.05) is 31.1 Å². The number of rotatable bonds is 9. The quantitative estimate of drug-likeness (QED) is 0.590. The van der Waals surface area contributed by atoms with E-state index in [9.17, 15) is 0 Å². The lowest BCUT2D eigenvalue weighted by atomic mass is 10.1. The van der Waals surface area contributed by atoms with Crippen molar-refractivity contribution < 1.29 is 4.74 Å². The molecule has 25 heavy (non-hydrogen) atoms. The zero-order chi connectivity index (χ0) is 17.5. The minimum atomic E-state index is 0.682. The average molecular weight is 356 g/mol. The topological polar surface area (TPSA) is 44.9 Å². The van der Waals surface area contributed by atoms with E-state index in [0.29, 0.717) is 6.61 Å². The molecule has 0 atom stereocenters. The van der Waals surface area contributed by atoms with Gasteiger partial charge in [0.2, 0.25) is 0 Å². The van der Waals surface area contributed by atoms with E-state index in [-0.39, 0.29) is 0 Å². The highest BCUT2D eigenvalue weighted by Gasteiger charge is 2.14. The molecule has 0 aliphatic carbocycles. The molecule has 0 N–H and O–H groups in total. The van der Waals surface area contributed by atoms with Crippen molar-refractivity contribution in [3.05, 3.63) is 60.6 Å². The molecule has 5 nitrogen and oxygen atoms in total. The fourth-order valence-corrected chi connectivity index (χ4v) is 3.28. The highest BCUT2D eigenvalue weighted by molar-refractivity contribution is 7.98. The molecule has 0 saturated carbocycles. The zero-order valence-corrected chi connectivity index (χ0v) is 15.6. The van der Waals surface area contributed by atoms with Crippen molar-refractivity contribution in [2.24, 2.45) is 0 Å². The summed E-state index contributed by atoms with van der Waals surface area (Å²) in [6.45, 7) is 2.27. The first-order chi connectivity index (χ1) is 12.3. The van der Waals surface area contributed by atoms with Crippen LogP contribution in [-0.4, -0.2) is 44.8 Å². The van der Waals surface area contributed by atoms with Gasteiger partial charge in [-0.15, -0.1) is 0 Å². The van der Waals surface area contributed by atoms with Crippen LogP contribution in [0.5, 0.6) is 0 Å². The maximum absolute atomic E-state index is 5.19. The zero-order valence-electron chi connectivity index (χ0n) is 14.8. The molecule has 2 aromatic heterocycles. The molecular formula is C19H24N4OS. The van der Waals surface area contributed by atoms with Gasteiger partial charge < -0.3 is 13.9 Å². The van der Waals surface area contributed by atoms with Crippen LogP contribution in [0.3, 0.4) is 0 Å². The van der Waals surface area contributed by atoms with Crippen LogP contribution in [0, 0.1) is 0 Å². The second-order valence-corrected chi connectivity index (χ2v) is 6.83. The van der Waals surface area contributed by atoms with Crippen molar-refractivity contribution in [2.45, 2.75) is 19.5 Å². The van der Waals surface area contributed by atoms with E-state index in [2.05, 4.69) is 44.6 Å². The maximum Gasteiger partial charge on any atom is 0.0959 e. The monoisotopic (exact) mass is 356 g/mol. The van der Waals surface area contributed by atoms with Gasteiger partial charge in [0.1, 0.15) is 0 Å². The lowest BCUT2D eigenvalue weighted by Crippen LogP contribution is -2.12.